The molecular formula is C13H8ClFN2O. The van der Waals surface area contributed by atoms with E-state index in [2.05, 4.69) is 0 Å². The summed E-state index contributed by atoms with van der Waals surface area (Å²) in [5.74, 6) is -0.380. The van der Waals surface area contributed by atoms with Gasteiger partial charge in [0.25, 0.3) is 0 Å². The predicted molar refractivity (Wildman–Crippen MR) is 67.1 cm³/mol. The Labute approximate surface area is 108 Å². The van der Waals surface area contributed by atoms with Gasteiger partial charge in [-0.3, -0.25) is 0 Å². The molecule has 0 aliphatic heterocycles. The van der Waals surface area contributed by atoms with Gasteiger partial charge in [-0.2, -0.15) is 5.26 Å². The van der Waals surface area contributed by atoms with Gasteiger partial charge in [0.15, 0.2) is 11.6 Å². The fourth-order valence-corrected chi connectivity index (χ4v) is 1.53. The zero-order valence-corrected chi connectivity index (χ0v) is 9.91. The smallest absolute Gasteiger partial charge is 0.167 e. The van der Waals surface area contributed by atoms with Crippen LogP contribution < -0.4 is 10.5 Å². The van der Waals surface area contributed by atoms with E-state index in [-0.39, 0.29) is 17.1 Å². The molecule has 0 bridgehead atoms. The molecule has 0 atom stereocenters. The monoisotopic (exact) mass is 262 g/mol. The minimum atomic E-state index is -0.632. The SMILES string of the molecule is N#Cc1ccc(Oc2cc(N)ccc2Cl)c(F)c1. The number of nitrogen functional groups attached to an aromatic ring is 1. The number of hydrogen-bond acceptors (Lipinski definition) is 3. The first kappa shape index (κ1) is 12.2. The lowest BCUT2D eigenvalue weighted by atomic mass is 10.2. The van der Waals surface area contributed by atoms with Crippen molar-refractivity contribution in [3.05, 3.63) is 52.8 Å². The average Bonchev–Trinajstić information content (AvgIpc) is 2.36. The van der Waals surface area contributed by atoms with Crippen molar-refractivity contribution in [2.75, 3.05) is 5.73 Å². The molecular weight excluding hydrogens is 255 g/mol. The van der Waals surface area contributed by atoms with Crippen LogP contribution in [0.3, 0.4) is 0 Å². The maximum absolute atomic E-state index is 13.6. The van der Waals surface area contributed by atoms with Gasteiger partial charge in [0.1, 0.15) is 5.75 Å². The van der Waals surface area contributed by atoms with Crippen LogP contribution in [0.5, 0.6) is 11.5 Å². The number of nitriles is 1. The van der Waals surface area contributed by atoms with Crippen LogP contribution >= 0.6 is 11.6 Å². The molecule has 0 saturated heterocycles. The van der Waals surface area contributed by atoms with E-state index in [0.717, 1.165) is 6.07 Å². The second kappa shape index (κ2) is 4.94. The Hall–Kier alpha value is -2.25. The topological polar surface area (TPSA) is 59.0 Å². The van der Waals surface area contributed by atoms with E-state index in [1.165, 1.54) is 18.2 Å². The Balaban J connectivity index is 2.34. The highest BCUT2D eigenvalue weighted by Crippen LogP contribution is 2.32. The minimum absolute atomic E-state index is 0.0125. The van der Waals surface area contributed by atoms with Crippen LogP contribution in [0.1, 0.15) is 5.56 Å². The van der Waals surface area contributed by atoms with E-state index < -0.39 is 5.82 Å². The van der Waals surface area contributed by atoms with Crippen LogP contribution in [-0.2, 0) is 0 Å². The summed E-state index contributed by atoms with van der Waals surface area (Å²) in [5, 5.41) is 8.95. The highest BCUT2D eigenvalue weighted by molar-refractivity contribution is 6.32. The number of nitrogens with two attached hydrogens (primary N) is 1. The van der Waals surface area contributed by atoms with E-state index in [4.69, 9.17) is 27.3 Å². The summed E-state index contributed by atoms with van der Waals surface area (Å²) in [7, 11) is 0. The number of anilines is 1. The van der Waals surface area contributed by atoms with Gasteiger partial charge < -0.3 is 10.5 Å². The molecule has 2 aromatic carbocycles. The Morgan fingerprint density at radius 2 is 1.94 bits per heavy atom. The molecule has 0 unspecified atom stereocenters. The Kier molecular flexibility index (Phi) is 3.35. The van der Waals surface area contributed by atoms with E-state index in [1.54, 1.807) is 12.1 Å². The Morgan fingerprint density at radius 3 is 2.61 bits per heavy atom. The molecule has 90 valence electrons. The van der Waals surface area contributed by atoms with Gasteiger partial charge >= 0.3 is 0 Å². The Morgan fingerprint density at radius 1 is 1.17 bits per heavy atom. The fraction of sp³-hybridized carbons (Fsp3) is 0. The highest BCUT2D eigenvalue weighted by atomic mass is 35.5. The number of nitrogens with zero attached hydrogens (tertiary/aromatic N) is 1. The average molecular weight is 263 g/mol. The van der Waals surface area contributed by atoms with Gasteiger partial charge in [-0.1, -0.05) is 11.6 Å². The lowest BCUT2D eigenvalue weighted by Crippen LogP contribution is -1.92. The second-order valence-electron chi connectivity index (χ2n) is 3.55. The zero-order chi connectivity index (χ0) is 13.1. The zero-order valence-electron chi connectivity index (χ0n) is 9.15. The van der Waals surface area contributed by atoms with Crippen LogP contribution in [0.25, 0.3) is 0 Å². The number of halogens is 2. The number of benzene rings is 2. The maximum atomic E-state index is 13.6. The summed E-state index contributed by atoms with van der Waals surface area (Å²) in [6, 6.07) is 10.4. The predicted octanol–water partition coefficient (Wildman–Crippen LogP) is 3.73. The van der Waals surface area contributed by atoms with Crippen molar-refractivity contribution < 1.29 is 9.13 Å². The number of rotatable bonds is 2. The lowest BCUT2D eigenvalue weighted by Gasteiger charge is -2.09. The van der Waals surface area contributed by atoms with Crippen molar-refractivity contribution in [1.29, 1.82) is 5.26 Å². The van der Waals surface area contributed by atoms with Crippen molar-refractivity contribution in [3.8, 4) is 17.6 Å². The highest BCUT2D eigenvalue weighted by Gasteiger charge is 2.09. The van der Waals surface area contributed by atoms with Crippen molar-refractivity contribution in [2.24, 2.45) is 0 Å². The fourth-order valence-electron chi connectivity index (χ4n) is 1.37. The maximum Gasteiger partial charge on any atom is 0.167 e. The molecule has 2 aromatic rings. The molecule has 2 N–H and O–H groups in total. The first-order valence-corrected chi connectivity index (χ1v) is 5.40. The molecule has 0 amide bonds. The van der Waals surface area contributed by atoms with Gasteiger partial charge in [-0.05, 0) is 30.3 Å². The molecule has 0 heterocycles. The van der Waals surface area contributed by atoms with E-state index in [0.29, 0.717) is 10.7 Å². The first-order chi connectivity index (χ1) is 8.60. The summed E-state index contributed by atoms with van der Waals surface area (Å²) in [4.78, 5) is 0. The molecule has 0 fully saturated rings. The third kappa shape index (κ3) is 2.53. The molecule has 18 heavy (non-hydrogen) atoms. The molecule has 0 aliphatic rings. The summed E-state index contributed by atoms with van der Waals surface area (Å²) in [6.45, 7) is 0. The largest absolute Gasteiger partial charge is 0.453 e. The normalized spacial score (nSPS) is 9.83. The molecule has 2 rings (SSSR count). The third-order valence-corrected chi connectivity index (χ3v) is 2.55. The van der Waals surface area contributed by atoms with E-state index >= 15 is 0 Å². The molecule has 0 aromatic heterocycles. The summed E-state index contributed by atoms with van der Waals surface area (Å²) < 4.78 is 18.9. The van der Waals surface area contributed by atoms with Crippen LogP contribution in [0.4, 0.5) is 10.1 Å². The van der Waals surface area contributed by atoms with Crippen LogP contribution in [0.15, 0.2) is 36.4 Å². The standard InChI is InChI=1S/C13H8ClFN2O/c14-10-3-2-9(17)6-13(10)18-12-4-1-8(7-16)5-11(12)15/h1-6H,17H2. The van der Waals surface area contributed by atoms with Gasteiger partial charge in [0.2, 0.25) is 0 Å². The van der Waals surface area contributed by atoms with Crippen LogP contribution in [0.2, 0.25) is 5.02 Å². The van der Waals surface area contributed by atoms with Crippen molar-refractivity contribution in [3.63, 3.8) is 0 Å². The summed E-state index contributed by atoms with van der Waals surface area (Å²) >= 11 is 5.90. The number of ether oxygens (including phenoxy) is 1. The van der Waals surface area contributed by atoms with Crippen molar-refractivity contribution in [2.45, 2.75) is 0 Å². The van der Waals surface area contributed by atoms with Gasteiger partial charge in [0.05, 0.1) is 16.7 Å². The van der Waals surface area contributed by atoms with Crippen molar-refractivity contribution in [1.82, 2.24) is 0 Å². The minimum Gasteiger partial charge on any atom is -0.453 e. The summed E-state index contributed by atoms with van der Waals surface area (Å²) in [5.41, 5.74) is 6.27. The van der Waals surface area contributed by atoms with Crippen LogP contribution in [0, 0.1) is 17.1 Å². The summed E-state index contributed by atoms with van der Waals surface area (Å²) in [6.07, 6.45) is 0. The van der Waals surface area contributed by atoms with Crippen molar-refractivity contribution >= 4 is 17.3 Å². The van der Waals surface area contributed by atoms with Crippen LogP contribution in [-0.4, -0.2) is 0 Å². The molecule has 3 nitrogen and oxygen atoms in total. The van der Waals surface area contributed by atoms with E-state index in [9.17, 15) is 4.39 Å². The second-order valence-corrected chi connectivity index (χ2v) is 3.96. The van der Waals surface area contributed by atoms with E-state index in [1.807, 2.05) is 6.07 Å². The molecule has 0 radical (unpaired) electrons. The van der Waals surface area contributed by atoms with Gasteiger partial charge in [-0.15, -0.1) is 0 Å². The Bertz CT molecular complexity index is 637. The first-order valence-electron chi connectivity index (χ1n) is 5.02. The molecule has 0 aliphatic carbocycles. The molecule has 0 saturated carbocycles. The van der Waals surface area contributed by atoms with Gasteiger partial charge in [0, 0.05) is 11.8 Å². The third-order valence-electron chi connectivity index (χ3n) is 2.24. The molecule has 0 spiro atoms. The number of hydrogen-bond donors (Lipinski definition) is 1. The molecule has 5 heteroatoms. The van der Waals surface area contributed by atoms with Gasteiger partial charge in [-0.25, -0.2) is 4.39 Å². The quantitative estimate of drug-likeness (QED) is 0.839. The lowest BCUT2D eigenvalue weighted by molar-refractivity contribution is 0.442.